The van der Waals surface area contributed by atoms with Crippen molar-refractivity contribution in [3.8, 4) is 11.8 Å². The molecule has 0 bridgehead atoms. The fourth-order valence-corrected chi connectivity index (χ4v) is 4.35. The molecular formula is C23H20N8O. The monoisotopic (exact) mass is 424 g/mol. The highest BCUT2D eigenvalue weighted by atomic mass is 16.3. The first-order chi connectivity index (χ1) is 15.7. The smallest absolute Gasteiger partial charge is 0.137 e. The Morgan fingerprint density at radius 3 is 2.59 bits per heavy atom. The summed E-state index contributed by atoms with van der Waals surface area (Å²) in [6, 6.07) is 10.1. The molecule has 0 radical (unpaired) electrons. The Hall–Kier alpha value is -4.03. The Kier molecular flexibility index (Phi) is 4.26. The Balaban J connectivity index is 1.30. The highest BCUT2D eigenvalue weighted by molar-refractivity contribution is 5.83. The molecule has 0 spiro atoms. The van der Waals surface area contributed by atoms with Crippen LogP contribution >= 0.6 is 0 Å². The van der Waals surface area contributed by atoms with Crippen molar-refractivity contribution in [2.75, 3.05) is 10.6 Å². The van der Waals surface area contributed by atoms with Crippen molar-refractivity contribution in [1.29, 1.82) is 5.26 Å². The van der Waals surface area contributed by atoms with Crippen LogP contribution in [0.4, 0.5) is 17.5 Å². The zero-order valence-corrected chi connectivity index (χ0v) is 17.2. The van der Waals surface area contributed by atoms with Crippen LogP contribution in [0.1, 0.15) is 29.5 Å². The minimum Gasteiger partial charge on any atom is -0.393 e. The summed E-state index contributed by atoms with van der Waals surface area (Å²) in [4.78, 5) is 13.1. The maximum absolute atomic E-state index is 9.47. The van der Waals surface area contributed by atoms with E-state index in [1.54, 1.807) is 12.4 Å². The maximum Gasteiger partial charge on any atom is 0.137 e. The molecule has 0 amide bonds. The van der Waals surface area contributed by atoms with Gasteiger partial charge >= 0.3 is 0 Å². The van der Waals surface area contributed by atoms with Gasteiger partial charge in [0.2, 0.25) is 0 Å². The van der Waals surface area contributed by atoms with Gasteiger partial charge in [0.05, 0.1) is 35.1 Å². The lowest BCUT2D eigenvalue weighted by molar-refractivity contribution is 0.0835. The number of aliphatic hydroxyl groups is 1. The lowest BCUT2D eigenvalue weighted by atomic mass is 9.83. The Morgan fingerprint density at radius 1 is 1.00 bits per heavy atom. The summed E-state index contributed by atoms with van der Waals surface area (Å²) in [5.74, 6) is 1.99. The van der Waals surface area contributed by atoms with Gasteiger partial charge in [0, 0.05) is 29.8 Å². The van der Waals surface area contributed by atoms with Crippen molar-refractivity contribution >= 4 is 28.4 Å². The van der Waals surface area contributed by atoms with Gasteiger partial charge in [-0.1, -0.05) is 0 Å². The quantitative estimate of drug-likeness (QED) is 0.447. The zero-order valence-electron chi connectivity index (χ0n) is 17.2. The van der Waals surface area contributed by atoms with E-state index in [1.807, 2.05) is 28.9 Å². The minimum absolute atomic E-state index is 0.222. The number of hydrogen-bond donors (Lipinski definition) is 3. The van der Waals surface area contributed by atoms with E-state index in [1.165, 1.54) is 11.9 Å². The summed E-state index contributed by atoms with van der Waals surface area (Å²) >= 11 is 0. The molecule has 158 valence electrons. The van der Waals surface area contributed by atoms with Crippen LogP contribution < -0.4 is 10.6 Å². The van der Waals surface area contributed by atoms with E-state index in [4.69, 9.17) is 0 Å². The number of pyridine rings is 1. The molecule has 9 nitrogen and oxygen atoms in total. The molecule has 1 saturated carbocycles. The fraction of sp³-hybridized carbons (Fsp3) is 0.261. The summed E-state index contributed by atoms with van der Waals surface area (Å²) in [6.07, 6.45) is 8.21. The normalized spacial score (nSPS) is 18.9. The summed E-state index contributed by atoms with van der Waals surface area (Å²) in [7, 11) is 0. The van der Waals surface area contributed by atoms with Crippen LogP contribution in [0.5, 0.6) is 0 Å². The van der Waals surface area contributed by atoms with E-state index in [2.05, 4.69) is 36.8 Å². The van der Waals surface area contributed by atoms with Crippen LogP contribution in [-0.2, 0) is 12.8 Å². The van der Waals surface area contributed by atoms with Gasteiger partial charge in [-0.3, -0.25) is 0 Å². The van der Waals surface area contributed by atoms with Gasteiger partial charge in [-0.15, -0.1) is 0 Å². The second-order valence-corrected chi connectivity index (χ2v) is 8.27. The van der Waals surface area contributed by atoms with Gasteiger partial charge in [-0.05, 0) is 48.9 Å². The zero-order chi connectivity index (χ0) is 21.7. The second-order valence-electron chi connectivity index (χ2n) is 8.27. The topological polar surface area (TPSA) is 125 Å². The average molecular weight is 424 g/mol. The predicted molar refractivity (Wildman–Crippen MR) is 119 cm³/mol. The molecule has 3 aromatic heterocycles. The van der Waals surface area contributed by atoms with Crippen LogP contribution in [0.2, 0.25) is 0 Å². The molecule has 1 fully saturated rings. The van der Waals surface area contributed by atoms with Crippen molar-refractivity contribution in [2.24, 2.45) is 0 Å². The fourth-order valence-electron chi connectivity index (χ4n) is 4.35. The molecule has 2 aliphatic carbocycles. The molecule has 3 N–H and O–H groups in total. The predicted octanol–water partition coefficient (Wildman–Crippen LogP) is 2.86. The first kappa shape index (κ1) is 18.7. The van der Waals surface area contributed by atoms with Crippen molar-refractivity contribution in [3.63, 3.8) is 0 Å². The largest absolute Gasteiger partial charge is 0.393 e. The van der Waals surface area contributed by atoms with Gasteiger partial charge in [-0.2, -0.15) is 10.4 Å². The van der Waals surface area contributed by atoms with Crippen LogP contribution in [0, 0.1) is 11.3 Å². The van der Waals surface area contributed by atoms with Crippen LogP contribution in [-0.4, -0.2) is 42.0 Å². The molecule has 6 rings (SSSR count). The number of benzene rings is 1. The number of anilines is 3. The number of nitrogens with zero attached hydrogens (tertiary/aromatic N) is 6. The van der Waals surface area contributed by atoms with Crippen LogP contribution in [0.25, 0.3) is 16.6 Å². The van der Waals surface area contributed by atoms with E-state index >= 15 is 0 Å². The summed E-state index contributed by atoms with van der Waals surface area (Å²) < 4.78 is 1.91. The Labute approximate surface area is 183 Å². The minimum atomic E-state index is -0.222. The number of hydrogen-bond acceptors (Lipinski definition) is 8. The maximum atomic E-state index is 9.47. The lowest BCUT2D eigenvalue weighted by Gasteiger charge is -2.32. The van der Waals surface area contributed by atoms with Gasteiger partial charge in [0.1, 0.15) is 23.8 Å². The van der Waals surface area contributed by atoms with Gasteiger partial charge in [0.15, 0.2) is 0 Å². The average Bonchev–Trinajstić information content (AvgIpc) is 3.16. The number of nitriles is 1. The molecule has 9 heteroatoms. The molecule has 0 atom stereocenters. The van der Waals surface area contributed by atoms with Crippen LogP contribution in [0.3, 0.4) is 0 Å². The number of fused-ring (bicyclic) bond motifs is 2. The van der Waals surface area contributed by atoms with E-state index in [0.717, 1.165) is 53.4 Å². The van der Waals surface area contributed by atoms with Gasteiger partial charge in [-0.25, -0.2) is 19.6 Å². The van der Waals surface area contributed by atoms with Crippen molar-refractivity contribution in [1.82, 2.24) is 24.7 Å². The van der Waals surface area contributed by atoms with E-state index < -0.39 is 0 Å². The molecule has 0 unspecified atom stereocenters. The van der Waals surface area contributed by atoms with Crippen LogP contribution in [0.15, 0.2) is 43.0 Å². The number of nitrogens with one attached hydrogen (secondary N) is 2. The third-order valence-electron chi connectivity index (χ3n) is 6.22. The van der Waals surface area contributed by atoms with Crippen molar-refractivity contribution in [2.45, 2.75) is 37.8 Å². The molecule has 4 aromatic rings. The first-order valence-corrected chi connectivity index (χ1v) is 10.6. The van der Waals surface area contributed by atoms with Gasteiger partial charge < -0.3 is 15.7 Å². The lowest BCUT2D eigenvalue weighted by Crippen LogP contribution is -2.39. The summed E-state index contributed by atoms with van der Waals surface area (Å²) in [6.45, 7) is 0. The van der Waals surface area contributed by atoms with E-state index in [9.17, 15) is 10.4 Å². The van der Waals surface area contributed by atoms with E-state index in [0.29, 0.717) is 17.5 Å². The molecule has 2 aliphatic rings. The van der Waals surface area contributed by atoms with Gasteiger partial charge in [0.25, 0.3) is 0 Å². The molecule has 0 saturated heterocycles. The summed E-state index contributed by atoms with van der Waals surface area (Å²) in [5.41, 5.74) is 5.00. The summed E-state index contributed by atoms with van der Waals surface area (Å²) in [5, 5.41) is 30.9. The molecule has 3 heterocycles. The first-order valence-electron chi connectivity index (χ1n) is 10.6. The molecule has 32 heavy (non-hydrogen) atoms. The van der Waals surface area contributed by atoms with E-state index in [-0.39, 0.29) is 12.1 Å². The number of aliphatic hydroxyl groups excluding tert-OH is 1. The number of aromatic nitrogens is 5. The van der Waals surface area contributed by atoms with Crippen molar-refractivity contribution in [3.05, 3.63) is 59.7 Å². The Bertz CT molecular complexity index is 1380. The van der Waals surface area contributed by atoms with Crippen molar-refractivity contribution < 1.29 is 5.11 Å². The standard InChI is InChI=1S/C23H20N8O/c24-9-13-1-4-19(18-3-2-17(13)18)31-20-7-21(25-10-14(20)11-28-31)30-23-8-22(26-12-27-23)29-15-5-16(32)6-15/h1,4,7-8,10-12,15-16,32H,2-3,5-6H2,(H2,25,26,27,29,30)/t15-,16+. The highest BCUT2D eigenvalue weighted by Gasteiger charge is 2.27. The third kappa shape index (κ3) is 3.13. The molecule has 1 aromatic carbocycles. The second kappa shape index (κ2) is 7.28. The molecule has 0 aliphatic heterocycles. The SMILES string of the molecule is N#Cc1ccc(-n2ncc3cnc(Nc4cc(N[C@H]5C[C@@H](O)C5)ncn4)cc32)c2c1CC2. The third-order valence-corrected chi connectivity index (χ3v) is 6.22. The Morgan fingerprint density at radius 2 is 1.81 bits per heavy atom. The number of rotatable bonds is 5. The molecular weight excluding hydrogens is 404 g/mol. The highest BCUT2D eigenvalue weighted by Crippen LogP contribution is 2.33.